The van der Waals surface area contributed by atoms with Gasteiger partial charge in [0.2, 0.25) is 0 Å². The quantitative estimate of drug-likeness (QED) is 0.0218. The van der Waals surface area contributed by atoms with Crippen molar-refractivity contribution in [2.45, 2.75) is 205 Å². The number of unbranched alkanes of at least 4 members (excludes halogenated alkanes) is 15. The number of esters is 2. The van der Waals surface area contributed by atoms with Gasteiger partial charge in [-0.05, 0) is 69.9 Å². The molecule has 420 valence electrons. The zero-order valence-corrected chi connectivity index (χ0v) is 45.3. The summed E-state index contributed by atoms with van der Waals surface area (Å²) in [6.07, 6.45) is 24.6. The highest BCUT2D eigenvalue weighted by atomic mass is 31.3. The largest absolute Gasteiger partial charge is 0.481 e. The lowest BCUT2D eigenvalue weighted by Gasteiger charge is -2.36. The molecule has 0 saturated carbocycles. The molecule has 2 aliphatic rings. The van der Waals surface area contributed by atoms with Gasteiger partial charge in [0.1, 0.15) is 30.9 Å². The van der Waals surface area contributed by atoms with Crippen LogP contribution in [0.25, 0.3) is 0 Å². The fourth-order valence-electron chi connectivity index (χ4n) is 8.34. The van der Waals surface area contributed by atoms with Gasteiger partial charge in [-0.3, -0.25) is 28.0 Å². The Balaban J connectivity index is 1.71. The lowest BCUT2D eigenvalue weighted by Crippen LogP contribution is -2.49. The van der Waals surface area contributed by atoms with Gasteiger partial charge in [0.15, 0.2) is 11.9 Å². The van der Waals surface area contributed by atoms with Gasteiger partial charge in [-0.25, -0.2) is 13.9 Å². The van der Waals surface area contributed by atoms with Gasteiger partial charge in [0.05, 0.1) is 31.3 Å². The molecule has 22 heteroatoms. The number of phosphoric ester groups is 2. The van der Waals surface area contributed by atoms with Crippen molar-refractivity contribution < 1.29 is 76.2 Å². The van der Waals surface area contributed by atoms with Gasteiger partial charge in [-0.1, -0.05) is 140 Å². The van der Waals surface area contributed by atoms with E-state index < -0.39 is 107 Å². The van der Waals surface area contributed by atoms with Gasteiger partial charge in [0.25, 0.3) is 0 Å². The number of ether oxygens (including phenoxy) is 3. The molecule has 3 heterocycles. The van der Waals surface area contributed by atoms with Crippen LogP contribution in [0.1, 0.15) is 174 Å². The van der Waals surface area contributed by atoms with E-state index in [0.717, 1.165) is 74.9 Å². The van der Waals surface area contributed by atoms with Crippen LogP contribution in [0.3, 0.4) is 0 Å². The SMILES string of the molecule is CCCCCCCC/C=C\CCCCCCCCCC(=O)OC[C@@H]1COP(=O)(O)OP(=O)(O)OC[C@H]2O[C@@H](n3ccc(N)nc3=O)[C@H](C=CC(=O)[C@H](C=C[C@@H](O)CCCCC)[C@H](O)[C@@H]2O)CC=CCCCC(=O)O1. The second kappa shape index (κ2) is 36.4. The Kier molecular flexibility index (Phi) is 31.8. The summed E-state index contributed by atoms with van der Waals surface area (Å²) in [6, 6.07) is 1.28. The Morgan fingerprint density at radius 1 is 0.865 bits per heavy atom. The molecule has 0 radical (unpaired) electrons. The molecule has 2 unspecified atom stereocenters. The number of aliphatic hydroxyl groups excluding tert-OH is 3. The van der Waals surface area contributed by atoms with E-state index in [4.69, 9.17) is 29.0 Å². The van der Waals surface area contributed by atoms with E-state index in [2.05, 4.69) is 28.4 Å². The predicted octanol–water partition coefficient (Wildman–Crippen LogP) is 8.95. The van der Waals surface area contributed by atoms with E-state index in [0.29, 0.717) is 25.7 Å². The van der Waals surface area contributed by atoms with E-state index in [1.54, 1.807) is 12.2 Å². The lowest BCUT2D eigenvalue weighted by atomic mass is 9.88. The highest BCUT2D eigenvalue weighted by Gasteiger charge is 2.42. The number of fused-ring (bicyclic) bond motifs is 3. The van der Waals surface area contributed by atoms with Crippen LogP contribution in [-0.4, -0.2) is 103 Å². The Bertz CT molecular complexity index is 2080. The van der Waals surface area contributed by atoms with Crippen LogP contribution in [0, 0.1) is 11.8 Å². The number of hydrogen-bond donors (Lipinski definition) is 6. The molecule has 2 bridgehead atoms. The smallest absolute Gasteiger partial charge is 0.462 e. The standard InChI is InChI=1S/C52H85N3O17P2/c1-3-5-7-8-9-10-11-12-13-14-15-16-17-18-19-20-25-29-47(58)67-37-42-38-68-73(63,64)72-74(65,66)69-39-45-50(61)49(60)43(33-32-41(56)28-23-6-4-2)44(57)34-31-40(27-24-21-22-26-30-48(59)70-42)51(71-45)55-36-35-46(53)54-52(55)62/h12-13,21,24,31-36,40-43,45,49-51,56,60-61H,3-11,14-20,22-23,25-30,37-39H2,1-2H3,(H,63,64)(H,65,66)(H2,53,54,62)/b13-12-,24-21?,33-32?,34-31?/t40-,41-,42+,43-,45+,49-,50+,51+/m0/s1. The second-order valence-electron chi connectivity index (χ2n) is 19.0. The van der Waals surface area contributed by atoms with Crippen molar-refractivity contribution in [1.29, 1.82) is 0 Å². The highest BCUT2D eigenvalue weighted by molar-refractivity contribution is 7.61. The number of cyclic esters (lactones) is 1. The summed E-state index contributed by atoms with van der Waals surface area (Å²) in [7, 11) is -11.2. The molecule has 0 aliphatic carbocycles. The summed E-state index contributed by atoms with van der Waals surface area (Å²) in [5.41, 5.74) is 4.83. The first kappa shape index (κ1) is 64.6. The molecule has 74 heavy (non-hydrogen) atoms. The summed E-state index contributed by atoms with van der Waals surface area (Å²) in [6.45, 7) is 1.57. The monoisotopic (exact) mass is 1090 g/mol. The van der Waals surface area contributed by atoms with Crippen molar-refractivity contribution >= 4 is 39.2 Å². The van der Waals surface area contributed by atoms with Crippen molar-refractivity contribution in [3.05, 3.63) is 71.4 Å². The molecule has 0 spiro atoms. The number of aromatic nitrogens is 2. The first-order chi connectivity index (χ1) is 35.4. The topological polar surface area (TPSA) is 303 Å². The first-order valence-corrected chi connectivity index (χ1v) is 29.7. The summed E-state index contributed by atoms with van der Waals surface area (Å²) in [5.74, 6) is -4.66. The number of phosphoric acid groups is 2. The number of ketones is 1. The lowest BCUT2D eigenvalue weighted by molar-refractivity contribution is -0.167. The zero-order valence-electron chi connectivity index (χ0n) is 43.5. The summed E-state index contributed by atoms with van der Waals surface area (Å²) >= 11 is 0. The molecule has 7 N–H and O–H groups in total. The third kappa shape index (κ3) is 26.9. The molecule has 0 amide bonds. The van der Waals surface area contributed by atoms with E-state index in [1.807, 2.05) is 6.92 Å². The summed E-state index contributed by atoms with van der Waals surface area (Å²) in [5, 5.41) is 33.8. The molecule has 0 aromatic carbocycles. The molecule has 20 nitrogen and oxygen atoms in total. The van der Waals surface area contributed by atoms with Crippen molar-refractivity contribution in [3.8, 4) is 0 Å². The van der Waals surface area contributed by atoms with Crippen LogP contribution >= 0.6 is 15.6 Å². The van der Waals surface area contributed by atoms with Crippen molar-refractivity contribution in [1.82, 2.24) is 9.55 Å². The van der Waals surface area contributed by atoms with Crippen LogP contribution < -0.4 is 11.4 Å². The third-order valence-corrected chi connectivity index (χ3v) is 15.2. The van der Waals surface area contributed by atoms with Crippen LogP contribution in [0.5, 0.6) is 0 Å². The van der Waals surface area contributed by atoms with Crippen molar-refractivity contribution in [3.63, 3.8) is 0 Å². The molecule has 0 fully saturated rings. The molecule has 1 aromatic rings. The fraction of sp³-hybridized carbons (Fsp3) is 0.712. The number of nitrogen functional groups attached to an aromatic ring is 1. The Labute approximate surface area is 437 Å². The normalized spacial score (nSPS) is 27.6. The van der Waals surface area contributed by atoms with E-state index in [9.17, 15) is 53.4 Å². The Morgan fingerprint density at radius 2 is 1.49 bits per heavy atom. The number of carbonyl (C=O) groups is 3. The fourth-order valence-corrected chi connectivity index (χ4v) is 10.4. The van der Waals surface area contributed by atoms with E-state index >= 15 is 0 Å². The van der Waals surface area contributed by atoms with Gasteiger partial charge < -0.3 is 45.1 Å². The summed E-state index contributed by atoms with van der Waals surface area (Å²) in [4.78, 5) is 77.9. The number of carbonyl (C=O) groups excluding carboxylic acids is 3. The molecule has 10 atom stereocenters. The van der Waals surface area contributed by atoms with Crippen LogP contribution in [-0.2, 0) is 51.1 Å². The van der Waals surface area contributed by atoms with Crippen LogP contribution in [0.15, 0.2) is 65.7 Å². The minimum atomic E-state index is -5.67. The second-order valence-corrected chi connectivity index (χ2v) is 22.1. The van der Waals surface area contributed by atoms with E-state index in [1.165, 1.54) is 69.0 Å². The number of aliphatic hydroxyl groups is 3. The average Bonchev–Trinajstić information content (AvgIpc) is 3.34. The number of allylic oxidation sites excluding steroid dienone is 5. The maximum Gasteiger partial charge on any atom is 0.481 e. The maximum absolute atomic E-state index is 13.8. The number of rotatable bonds is 26. The number of nitrogens with two attached hydrogens (primary N) is 1. The van der Waals surface area contributed by atoms with Crippen molar-refractivity contribution in [2.24, 2.45) is 11.8 Å². The number of hydrogen-bond acceptors (Lipinski definition) is 17. The van der Waals surface area contributed by atoms with Crippen LogP contribution in [0.4, 0.5) is 5.82 Å². The number of anilines is 1. The van der Waals surface area contributed by atoms with Crippen molar-refractivity contribution in [2.75, 3.05) is 25.6 Å². The molecule has 2 aliphatic heterocycles. The molecular weight excluding hydrogens is 1000 g/mol. The molecular formula is C52H85N3O17P2. The van der Waals surface area contributed by atoms with Gasteiger partial charge >= 0.3 is 33.3 Å². The van der Waals surface area contributed by atoms with Crippen LogP contribution in [0.2, 0.25) is 0 Å². The minimum Gasteiger partial charge on any atom is -0.462 e. The van der Waals surface area contributed by atoms with Gasteiger partial charge in [-0.15, -0.1) is 0 Å². The first-order valence-electron chi connectivity index (χ1n) is 26.7. The van der Waals surface area contributed by atoms with E-state index in [-0.39, 0.29) is 31.5 Å². The minimum absolute atomic E-state index is 0.0517. The Hall–Kier alpha value is -3.65. The average molecular weight is 1090 g/mol. The maximum atomic E-state index is 13.8. The number of nitrogens with zero attached hydrogens (tertiary/aromatic N) is 2. The Morgan fingerprint density at radius 3 is 2.15 bits per heavy atom. The zero-order chi connectivity index (χ0) is 54.2. The third-order valence-electron chi connectivity index (χ3n) is 12.6. The predicted molar refractivity (Wildman–Crippen MR) is 279 cm³/mol. The summed E-state index contributed by atoms with van der Waals surface area (Å²) < 4.78 is 59.1. The highest BCUT2D eigenvalue weighted by Crippen LogP contribution is 2.60. The molecule has 0 saturated heterocycles. The van der Waals surface area contributed by atoms with Gasteiger partial charge in [-0.2, -0.15) is 9.29 Å². The molecule has 1 aromatic heterocycles. The molecule has 3 rings (SSSR count). The van der Waals surface area contributed by atoms with Gasteiger partial charge in [0, 0.05) is 25.0 Å².